The third-order valence-corrected chi connectivity index (χ3v) is 5.22. The van der Waals surface area contributed by atoms with Gasteiger partial charge in [-0.25, -0.2) is 4.79 Å². The molecule has 6 nitrogen and oxygen atoms in total. The van der Waals surface area contributed by atoms with Crippen molar-refractivity contribution in [3.8, 4) is 0 Å². The summed E-state index contributed by atoms with van der Waals surface area (Å²) in [7, 11) is 0. The summed E-state index contributed by atoms with van der Waals surface area (Å²) in [6, 6.07) is -0.327. The van der Waals surface area contributed by atoms with Crippen LogP contribution in [0.5, 0.6) is 0 Å². The van der Waals surface area contributed by atoms with Crippen LogP contribution in [-0.4, -0.2) is 40.9 Å². The van der Waals surface area contributed by atoms with E-state index in [-0.39, 0.29) is 30.3 Å². The summed E-state index contributed by atoms with van der Waals surface area (Å²) < 4.78 is 0. The number of nitrogens with zero attached hydrogens (tertiary/aromatic N) is 1. The maximum atomic E-state index is 12.4. The Morgan fingerprint density at radius 3 is 2.55 bits per heavy atom. The van der Waals surface area contributed by atoms with Crippen LogP contribution in [0.1, 0.15) is 53.4 Å². The van der Waals surface area contributed by atoms with Gasteiger partial charge in [-0.15, -0.1) is 0 Å². The van der Waals surface area contributed by atoms with Gasteiger partial charge in [-0.1, -0.05) is 33.6 Å². The topological polar surface area (TPSA) is 78.5 Å². The monoisotopic (exact) mass is 309 g/mol. The molecule has 2 rings (SSSR count). The van der Waals surface area contributed by atoms with Gasteiger partial charge in [0.15, 0.2) is 0 Å². The van der Waals surface area contributed by atoms with Gasteiger partial charge >= 0.3 is 6.03 Å². The summed E-state index contributed by atoms with van der Waals surface area (Å²) in [5.41, 5.74) is -0.921. The van der Waals surface area contributed by atoms with Gasteiger partial charge in [0.1, 0.15) is 12.1 Å². The van der Waals surface area contributed by atoms with Crippen LogP contribution in [0.25, 0.3) is 0 Å². The number of imide groups is 1. The average Bonchev–Trinajstić information content (AvgIpc) is 2.66. The number of hydrogen-bond donors (Lipinski definition) is 2. The lowest BCUT2D eigenvalue weighted by atomic mass is 9.86. The van der Waals surface area contributed by atoms with E-state index in [9.17, 15) is 14.4 Å². The van der Waals surface area contributed by atoms with Gasteiger partial charge in [-0.3, -0.25) is 14.5 Å². The number of nitrogens with one attached hydrogen (secondary N) is 2. The van der Waals surface area contributed by atoms with Crippen LogP contribution < -0.4 is 10.6 Å². The summed E-state index contributed by atoms with van der Waals surface area (Å²) in [4.78, 5) is 37.7. The van der Waals surface area contributed by atoms with E-state index in [0.29, 0.717) is 5.92 Å². The number of carbonyl (C=O) groups is 3. The minimum absolute atomic E-state index is 0.0321. The van der Waals surface area contributed by atoms with Crippen molar-refractivity contribution in [3.05, 3.63) is 0 Å². The Kier molecular flexibility index (Phi) is 4.78. The maximum Gasteiger partial charge on any atom is 0.325 e. The van der Waals surface area contributed by atoms with Gasteiger partial charge in [0, 0.05) is 6.04 Å². The van der Waals surface area contributed by atoms with E-state index in [1.54, 1.807) is 6.92 Å². The van der Waals surface area contributed by atoms with Crippen molar-refractivity contribution < 1.29 is 14.4 Å². The molecule has 0 radical (unpaired) electrons. The lowest BCUT2D eigenvalue weighted by Gasteiger charge is -2.30. The number of hydrogen-bond acceptors (Lipinski definition) is 3. The molecule has 0 bridgehead atoms. The molecule has 1 saturated carbocycles. The van der Waals surface area contributed by atoms with E-state index >= 15 is 0 Å². The molecule has 3 atom stereocenters. The van der Waals surface area contributed by atoms with Crippen LogP contribution in [0.3, 0.4) is 0 Å². The highest BCUT2D eigenvalue weighted by Crippen LogP contribution is 2.26. The van der Waals surface area contributed by atoms with Gasteiger partial charge in [0.25, 0.3) is 5.91 Å². The molecular weight excluding hydrogens is 282 g/mol. The highest BCUT2D eigenvalue weighted by atomic mass is 16.2. The van der Waals surface area contributed by atoms with E-state index in [0.717, 1.165) is 24.2 Å². The van der Waals surface area contributed by atoms with Crippen LogP contribution in [0.2, 0.25) is 0 Å². The fraction of sp³-hybridized carbons (Fsp3) is 0.812. The Balaban J connectivity index is 1.97. The second-order valence-corrected chi connectivity index (χ2v) is 7.11. The summed E-state index contributed by atoms with van der Waals surface area (Å²) >= 11 is 0. The predicted molar refractivity (Wildman–Crippen MR) is 83.1 cm³/mol. The standard InChI is InChI=1S/C16H27N3O3/c1-10(2)16(4)14(21)19(15(22)18-16)9-13(20)17-12-8-6-5-7-11(12)3/h10-12H,5-9H2,1-4H3,(H,17,20)(H,18,22). The Bertz CT molecular complexity index is 477. The van der Waals surface area contributed by atoms with Gasteiger partial charge in [0.05, 0.1) is 0 Å². The fourth-order valence-electron chi connectivity index (χ4n) is 3.18. The molecule has 124 valence electrons. The van der Waals surface area contributed by atoms with Crippen molar-refractivity contribution in [3.63, 3.8) is 0 Å². The molecule has 0 spiro atoms. The first-order chi connectivity index (χ1) is 10.3. The van der Waals surface area contributed by atoms with Crippen LogP contribution in [0, 0.1) is 11.8 Å². The van der Waals surface area contributed by atoms with E-state index in [2.05, 4.69) is 17.6 Å². The first-order valence-electron chi connectivity index (χ1n) is 8.19. The molecule has 2 N–H and O–H groups in total. The van der Waals surface area contributed by atoms with E-state index in [4.69, 9.17) is 0 Å². The first-order valence-corrected chi connectivity index (χ1v) is 8.19. The smallest absolute Gasteiger partial charge is 0.325 e. The molecule has 3 unspecified atom stereocenters. The molecule has 6 heteroatoms. The predicted octanol–water partition coefficient (Wildman–Crippen LogP) is 1.65. The van der Waals surface area contributed by atoms with Gasteiger partial charge in [-0.05, 0) is 31.6 Å². The second-order valence-electron chi connectivity index (χ2n) is 7.11. The Hall–Kier alpha value is -1.59. The lowest BCUT2D eigenvalue weighted by Crippen LogP contribution is -2.50. The molecule has 1 heterocycles. The van der Waals surface area contributed by atoms with Crippen LogP contribution in [0.4, 0.5) is 4.79 Å². The van der Waals surface area contributed by atoms with Crippen molar-refractivity contribution in [1.82, 2.24) is 15.5 Å². The third-order valence-electron chi connectivity index (χ3n) is 5.22. The quantitative estimate of drug-likeness (QED) is 0.775. The van der Waals surface area contributed by atoms with E-state index in [1.165, 1.54) is 6.42 Å². The molecule has 2 aliphatic rings. The fourth-order valence-corrected chi connectivity index (χ4v) is 3.18. The number of urea groups is 1. The maximum absolute atomic E-state index is 12.4. The normalized spacial score (nSPS) is 32.3. The number of amides is 4. The van der Waals surface area contributed by atoms with Crippen molar-refractivity contribution in [2.75, 3.05) is 6.54 Å². The zero-order valence-corrected chi connectivity index (χ0v) is 13.9. The number of rotatable bonds is 4. The Morgan fingerprint density at radius 2 is 2.00 bits per heavy atom. The Labute approximate surface area is 132 Å². The zero-order chi connectivity index (χ0) is 16.5. The zero-order valence-electron chi connectivity index (χ0n) is 13.9. The SMILES string of the molecule is CC1CCCCC1NC(=O)CN1C(=O)NC(C)(C(C)C)C1=O. The molecule has 2 fully saturated rings. The molecule has 1 aliphatic carbocycles. The van der Waals surface area contributed by atoms with Crippen LogP contribution >= 0.6 is 0 Å². The highest BCUT2D eigenvalue weighted by molar-refractivity contribution is 6.08. The van der Waals surface area contributed by atoms with Crippen molar-refractivity contribution >= 4 is 17.8 Å². The van der Waals surface area contributed by atoms with Crippen molar-refractivity contribution in [1.29, 1.82) is 0 Å². The summed E-state index contributed by atoms with van der Waals surface area (Å²) in [6.45, 7) is 7.40. The minimum atomic E-state index is -0.921. The molecule has 22 heavy (non-hydrogen) atoms. The van der Waals surface area contributed by atoms with Crippen LogP contribution in [-0.2, 0) is 9.59 Å². The van der Waals surface area contributed by atoms with Crippen molar-refractivity contribution in [2.24, 2.45) is 11.8 Å². The molecule has 1 saturated heterocycles. The van der Waals surface area contributed by atoms with E-state index in [1.807, 2.05) is 13.8 Å². The van der Waals surface area contributed by atoms with Crippen LogP contribution in [0.15, 0.2) is 0 Å². The minimum Gasteiger partial charge on any atom is -0.352 e. The summed E-state index contributed by atoms with van der Waals surface area (Å²) in [5, 5.41) is 5.69. The molecule has 0 aromatic heterocycles. The second kappa shape index (κ2) is 6.26. The first kappa shape index (κ1) is 16.8. The molecular formula is C16H27N3O3. The molecule has 0 aromatic carbocycles. The number of carbonyl (C=O) groups excluding carboxylic acids is 3. The highest BCUT2D eigenvalue weighted by Gasteiger charge is 2.50. The Morgan fingerprint density at radius 1 is 1.36 bits per heavy atom. The van der Waals surface area contributed by atoms with Crippen molar-refractivity contribution in [2.45, 2.75) is 65.0 Å². The third kappa shape index (κ3) is 3.10. The lowest BCUT2D eigenvalue weighted by molar-refractivity contribution is -0.136. The van der Waals surface area contributed by atoms with Gasteiger partial charge < -0.3 is 10.6 Å². The molecule has 0 aromatic rings. The van der Waals surface area contributed by atoms with E-state index < -0.39 is 11.6 Å². The summed E-state index contributed by atoms with van der Waals surface area (Å²) in [6.07, 6.45) is 4.40. The molecule has 4 amide bonds. The summed E-state index contributed by atoms with van der Waals surface area (Å²) in [5.74, 6) is -0.160. The average molecular weight is 309 g/mol. The molecule has 1 aliphatic heterocycles. The van der Waals surface area contributed by atoms with Gasteiger partial charge in [0.2, 0.25) is 5.91 Å². The largest absolute Gasteiger partial charge is 0.352 e. The van der Waals surface area contributed by atoms with Gasteiger partial charge in [-0.2, -0.15) is 0 Å².